The number of nitrogens with zero attached hydrogens (tertiary/aromatic N) is 3. The van der Waals surface area contributed by atoms with Gasteiger partial charge < -0.3 is 41.9 Å². The van der Waals surface area contributed by atoms with E-state index >= 15 is 0 Å². The smallest absolute Gasteiger partial charge is 0.267 e. The van der Waals surface area contributed by atoms with Crippen molar-refractivity contribution in [2.75, 3.05) is 27.3 Å². The number of nitrogens with one attached hydrogen (secondary N) is 1. The summed E-state index contributed by atoms with van der Waals surface area (Å²) >= 11 is 1.07. The number of phenols is 1. The van der Waals surface area contributed by atoms with Gasteiger partial charge in [-0.1, -0.05) is 18.2 Å². The van der Waals surface area contributed by atoms with Crippen molar-refractivity contribution in [1.82, 2.24) is 10.2 Å². The van der Waals surface area contributed by atoms with Gasteiger partial charge in [-0.25, -0.2) is 4.99 Å². The van der Waals surface area contributed by atoms with E-state index in [-0.39, 0.29) is 52.8 Å². The lowest BCUT2D eigenvalue weighted by molar-refractivity contribution is -0.134. The molecule has 8 N–H and O–H groups in total. The number of amidine groups is 1. The Morgan fingerprint density at radius 1 is 1.17 bits per heavy atom. The minimum absolute atomic E-state index is 0.0979. The Labute approximate surface area is 241 Å². The van der Waals surface area contributed by atoms with Crippen molar-refractivity contribution < 1.29 is 29.0 Å². The van der Waals surface area contributed by atoms with Crippen molar-refractivity contribution >= 4 is 52.8 Å². The van der Waals surface area contributed by atoms with E-state index in [0.29, 0.717) is 24.0 Å². The molecule has 2 aromatic rings. The van der Waals surface area contributed by atoms with Crippen LogP contribution in [-0.4, -0.2) is 78.6 Å². The number of phenolic OH excluding ortho intramolecular Hbond substituents is 1. The lowest BCUT2D eigenvalue weighted by Gasteiger charge is -2.27. The monoisotopic (exact) mass is 583 g/mol. The van der Waals surface area contributed by atoms with Crippen LogP contribution in [0.4, 0.5) is 5.69 Å². The predicted octanol–water partition coefficient (Wildman–Crippen LogP) is 1.08. The van der Waals surface area contributed by atoms with Gasteiger partial charge in [-0.05, 0) is 60.5 Å². The van der Waals surface area contributed by atoms with E-state index in [0.717, 1.165) is 11.8 Å². The first-order valence-electron chi connectivity index (χ1n) is 12.5. The number of methoxy groups -OCH3 is 2. The number of carbonyl (C=O) groups excluding carboxylic acids is 3. The molecule has 1 aliphatic heterocycles. The van der Waals surface area contributed by atoms with E-state index in [4.69, 9.17) is 26.7 Å². The number of aromatic hydroxyl groups is 1. The van der Waals surface area contributed by atoms with E-state index in [9.17, 15) is 19.5 Å². The van der Waals surface area contributed by atoms with Gasteiger partial charge in [0.1, 0.15) is 12.3 Å². The number of carbonyl (C=O) groups is 3. The molecule has 0 unspecified atom stereocenters. The number of hydrogen-bond acceptors (Lipinski definition) is 10. The Morgan fingerprint density at radius 3 is 2.39 bits per heavy atom. The van der Waals surface area contributed by atoms with Gasteiger partial charge in [0.2, 0.25) is 11.7 Å². The van der Waals surface area contributed by atoms with Gasteiger partial charge in [0.15, 0.2) is 22.6 Å². The molecule has 1 heterocycles. The number of aliphatic imine (C=N–C) groups is 2. The van der Waals surface area contributed by atoms with Crippen molar-refractivity contribution in [3.63, 3.8) is 0 Å². The zero-order valence-electron chi connectivity index (χ0n) is 22.6. The molecule has 1 saturated heterocycles. The van der Waals surface area contributed by atoms with Gasteiger partial charge in [0, 0.05) is 13.1 Å². The van der Waals surface area contributed by atoms with E-state index in [1.54, 1.807) is 42.5 Å². The van der Waals surface area contributed by atoms with Crippen molar-refractivity contribution in [2.45, 2.75) is 24.9 Å². The van der Waals surface area contributed by atoms with E-state index in [2.05, 4.69) is 15.3 Å². The third kappa shape index (κ3) is 7.99. The molecule has 3 rings (SSSR count). The number of nitrogens with two attached hydrogens (primary N) is 3. The number of thioether (sulfide) groups is 1. The van der Waals surface area contributed by atoms with Crippen molar-refractivity contribution in [2.24, 2.45) is 27.2 Å². The van der Waals surface area contributed by atoms with E-state index in [1.807, 2.05) is 6.07 Å². The summed E-state index contributed by atoms with van der Waals surface area (Å²) in [7, 11) is 2.79. The Bertz CT molecular complexity index is 1320. The summed E-state index contributed by atoms with van der Waals surface area (Å²) in [5, 5.41) is 13.1. The number of benzene rings is 2. The van der Waals surface area contributed by atoms with Crippen LogP contribution >= 0.6 is 11.8 Å². The quantitative estimate of drug-likeness (QED) is 0.0745. The van der Waals surface area contributed by atoms with Gasteiger partial charge in [0.05, 0.1) is 30.9 Å². The molecule has 0 bridgehead atoms. The summed E-state index contributed by atoms with van der Waals surface area (Å²) in [5.41, 5.74) is 17.6. The molecule has 218 valence electrons. The highest BCUT2D eigenvalue weighted by Gasteiger charge is 2.41. The van der Waals surface area contributed by atoms with Crippen molar-refractivity contribution in [3.05, 3.63) is 52.9 Å². The molecule has 41 heavy (non-hydrogen) atoms. The fourth-order valence-electron chi connectivity index (χ4n) is 3.90. The summed E-state index contributed by atoms with van der Waals surface area (Å²) in [6.45, 7) is 0.107. The van der Waals surface area contributed by atoms with E-state index < -0.39 is 23.9 Å². The molecule has 0 radical (unpaired) electrons. The maximum absolute atomic E-state index is 13.9. The van der Waals surface area contributed by atoms with Gasteiger partial charge in [-0.15, -0.1) is 0 Å². The van der Waals surface area contributed by atoms with Crippen LogP contribution in [0, 0.1) is 0 Å². The molecule has 0 saturated carbocycles. The number of para-hydroxylation sites is 1. The highest BCUT2D eigenvalue weighted by atomic mass is 32.2. The highest BCUT2D eigenvalue weighted by molar-refractivity contribution is 8.18. The molecule has 0 spiro atoms. The first kappa shape index (κ1) is 31.0. The lowest BCUT2D eigenvalue weighted by Crippen LogP contribution is -2.53. The topological polar surface area (TPSA) is 208 Å². The molecule has 1 aliphatic rings. The molecule has 1 fully saturated rings. The second-order valence-corrected chi connectivity index (χ2v) is 9.75. The standard InChI is InChI=1S/C27H33N7O6S/c1-39-20-11-16(12-21(40-2)23(20)36)13-22-25(38)34(27(41-22)33-17-7-4-3-5-8-17)19(9-6-10-31-26(29)30)24(37)32-18(14-28)15-35/h3-5,7-8,11-13,15,18-19,36H,6,9-10,14,28H2,1-2H3,(H,32,37)(H4,29,30,31)/b22-13-,33-27?/t18-,19-/m0/s1. The van der Waals surface area contributed by atoms with Crippen LogP contribution in [0.15, 0.2) is 57.4 Å². The minimum Gasteiger partial charge on any atom is -0.502 e. The highest BCUT2D eigenvalue weighted by Crippen LogP contribution is 2.40. The third-order valence-corrected chi connectivity index (χ3v) is 6.89. The number of aldehydes is 1. The summed E-state index contributed by atoms with van der Waals surface area (Å²) in [6.07, 6.45) is 2.63. The Kier molecular flexibility index (Phi) is 11.1. The molecule has 13 nitrogen and oxygen atoms in total. The zero-order valence-corrected chi connectivity index (χ0v) is 23.5. The van der Waals surface area contributed by atoms with Crippen LogP contribution in [0.2, 0.25) is 0 Å². The van der Waals surface area contributed by atoms with Gasteiger partial charge in [0.25, 0.3) is 5.91 Å². The molecular weight excluding hydrogens is 550 g/mol. The molecule has 2 aromatic carbocycles. The van der Waals surface area contributed by atoms with Crippen LogP contribution in [-0.2, 0) is 14.4 Å². The van der Waals surface area contributed by atoms with Crippen LogP contribution in [0.5, 0.6) is 17.2 Å². The summed E-state index contributed by atoms with van der Waals surface area (Å²) in [6, 6.07) is 10.0. The minimum atomic E-state index is -1.06. The fraction of sp³-hybridized carbons (Fsp3) is 0.296. The van der Waals surface area contributed by atoms with Crippen LogP contribution in [0.1, 0.15) is 18.4 Å². The maximum atomic E-state index is 13.9. The van der Waals surface area contributed by atoms with Crippen molar-refractivity contribution in [1.29, 1.82) is 0 Å². The third-order valence-electron chi connectivity index (χ3n) is 5.91. The van der Waals surface area contributed by atoms with Gasteiger partial charge in [-0.2, -0.15) is 0 Å². The number of amides is 2. The molecule has 0 aliphatic carbocycles. The molecular formula is C27H33N7O6S. The van der Waals surface area contributed by atoms with Crippen LogP contribution in [0.25, 0.3) is 6.08 Å². The molecule has 2 atom stereocenters. The summed E-state index contributed by atoms with van der Waals surface area (Å²) < 4.78 is 10.5. The van der Waals surface area contributed by atoms with Gasteiger partial charge >= 0.3 is 0 Å². The summed E-state index contributed by atoms with van der Waals surface area (Å²) in [5.74, 6) is -1.05. The Morgan fingerprint density at radius 2 is 1.83 bits per heavy atom. The number of ether oxygens (including phenoxy) is 2. The van der Waals surface area contributed by atoms with Crippen LogP contribution in [0.3, 0.4) is 0 Å². The zero-order chi connectivity index (χ0) is 29.9. The lowest BCUT2D eigenvalue weighted by atomic mass is 10.1. The average molecular weight is 584 g/mol. The summed E-state index contributed by atoms with van der Waals surface area (Å²) in [4.78, 5) is 48.9. The first-order chi connectivity index (χ1) is 19.7. The SMILES string of the molecule is COc1cc(/C=C2\SC(=Nc3ccccc3)N([C@@H](CCCN=C(N)N)C(=O)N[C@H](C=O)CN)C2=O)cc(OC)c1O. The van der Waals surface area contributed by atoms with Crippen molar-refractivity contribution in [3.8, 4) is 17.2 Å². The first-order valence-corrected chi connectivity index (χ1v) is 13.4. The fourth-order valence-corrected chi connectivity index (χ4v) is 4.94. The normalized spacial score (nSPS) is 16.4. The number of hydrogen-bond donors (Lipinski definition) is 5. The second-order valence-electron chi connectivity index (χ2n) is 8.74. The van der Waals surface area contributed by atoms with E-state index in [1.165, 1.54) is 19.1 Å². The average Bonchev–Trinajstić information content (AvgIpc) is 3.26. The Balaban J connectivity index is 2.09. The second kappa shape index (κ2) is 14.7. The maximum Gasteiger partial charge on any atom is 0.267 e. The molecule has 2 amide bonds. The Hall–Kier alpha value is -4.56. The van der Waals surface area contributed by atoms with Crippen LogP contribution < -0.4 is 32.0 Å². The number of guanidine groups is 1. The largest absolute Gasteiger partial charge is 0.502 e. The molecule has 0 aromatic heterocycles. The molecule has 14 heteroatoms. The van der Waals surface area contributed by atoms with Gasteiger partial charge in [-0.3, -0.25) is 19.5 Å². The predicted molar refractivity (Wildman–Crippen MR) is 158 cm³/mol. The number of rotatable bonds is 13.